The summed E-state index contributed by atoms with van der Waals surface area (Å²) in [5.74, 6) is -0.167. The lowest BCUT2D eigenvalue weighted by Crippen LogP contribution is -2.35. The first-order valence-electron chi connectivity index (χ1n) is 6.63. The van der Waals surface area contributed by atoms with Crippen LogP contribution in [0.3, 0.4) is 0 Å². The first kappa shape index (κ1) is 15.4. The van der Waals surface area contributed by atoms with E-state index in [0.29, 0.717) is 38.0 Å². The second-order valence-corrected chi connectivity index (χ2v) is 5.23. The number of primary amides is 1. The molecule has 2 heterocycles. The van der Waals surface area contributed by atoms with Crippen molar-refractivity contribution < 1.29 is 18.0 Å². The molecule has 1 aromatic heterocycles. The minimum Gasteiger partial charge on any atom is -0.396 e. The van der Waals surface area contributed by atoms with Crippen molar-refractivity contribution in [1.29, 1.82) is 0 Å². The van der Waals surface area contributed by atoms with Crippen LogP contribution in [0.5, 0.6) is 0 Å². The minimum atomic E-state index is -4.49. The number of alkyl halides is 3. The van der Waals surface area contributed by atoms with Crippen LogP contribution in [0.4, 0.5) is 24.5 Å². The summed E-state index contributed by atoms with van der Waals surface area (Å²) in [5, 5.41) is 0. The Hall–Kier alpha value is -1.99. The molecular weight excluding hydrogens is 285 g/mol. The van der Waals surface area contributed by atoms with Gasteiger partial charge in [-0.3, -0.25) is 4.79 Å². The largest absolute Gasteiger partial charge is 0.433 e. The van der Waals surface area contributed by atoms with E-state index in [-0.39, 0.29) is 17.5 Å². The fraction of sp³-hybridized carbons (Fsp3) is 0.538. The maximum atomic E-state index is 12.7. The number of rotatable bonds is 3. The van der Waals surface area contributed by atoms with Crippen molar-refractivity contribution in [2.45, 2.75) is 25.4 Å². The summed E-state index contributed by atoms with van der Waals surface area (Å²) >= 11 is 0. The van der Waals surface area contributed by atoms with Gasteiger partial charge < -0.3 is 16.4 Å². The molecule has 0 saturated carbocycles. The van der Waals surface area contributed by atoms with Gasteiger partial charge in [0, 0.05) is 19.5 Å². The molecule has 0 bridgehead atoms. The van der Waals surface area contributed by atoms with E-state index in [1.54, 1.807) is 4.90 Å². The normalized spacial score (nSPS) is 17.0. The van der Waals surface area contributed by atoms with E-state index in [9.17, 15) is 18.0 Å². The van der Waals surface area contributed by atoms with Gasteiger partial charge in [0.15, 0.2) is 0 Å². The molecule has 1 aliphatic heterocycles. The molecule has 8 heteroatoms. The van der Waals surface area contributed by atoms with Crippen LogP contribution < -0.4 is 16.4 Å². The molecule has 1 aliphatic rings. The van der Waals surface area contributed by atoms with Crippen LogP contribution in [0.1, 0.15) is 25.0 Å². The van der Waals surface area contributed by atoms with Gasteiger partial charge >= 0.3 is 6.18 Å². The number of nitrogen functional groups attached to an aromatic ring is 1. The van der Waals surface area contributed by atoms with E-state index < -0.39 is 11.9 Å². The predicted molar refractivity (Wildman–Crippen MR) is 72.4 cm³/mol. The van der Waals surface area contributed by atoms with E-state index in [4.69, 9.17) is 11.5 Å². The number of piperidine rings is 1. The molecule has 5 nitrogen and oxygen atoms in total. The van der Waals surface area contributed by atoms with Crippen molar-refractivity contribution in [3.05, 3.63) is 18.0 Å². The number of halogens is 3. The van der Waals surface area contributed by atoms with E-state index >= 15 is 0 Å². The van der Waals surface area contributed by atoms with Gasteiger partial charge in [-0.05, 0) is 24.8 Å². The Balaban J connectivity index is 2.11. The van der Waals surface area contributed by atoms with Crippen LogP contribution >= 0.6 is 0 Å². The van der Waals surface area contributed by atoms with Crippen molar-refractivity contribution in [2.75, 3.05) is 23.7 Å². The van der Waals surface area contributed by atoms with Gasteiger partial charge in [-0.1, -0.05) is 0 Å². The summed E-state index contributed by atoms with van der Waals surface area (Å²) in [6, 6.07) is 0.976. The van der Waals surface area contributed by atoms with Crippen molar-refractivity contribution in [2.24, 2.45) is 11.7 Å². The highest BCUT2D eigenvalue weighted by Gasteiger charge is 2.34. The zero-order chi connectivity index (χ0) is 15.6. The zero-order valence-electron chi connectivity index (χ0n) is 11.4. The molecule has 0 aromatic carbocycles. The first-order chi connectivity index (χ1) is 9.77. The van der Waals surface area contributed by atoms with Crippen LogP contribution in [0.25, 0.3) is 0 Å². The number of hydrogen-bond acceptors (Lipinski definition) is 4. The van der Waals surface area contributed by atoms with Crippen LogP contribution in [0, 0.1) is 5.92 Å². The SMILES string of the molecule is NC(=O)CC1CCN(c2cc(C(F)(F)F)ncc2N)CC1. The molecule has 0 aliphatic carbocycles. The summed E-state index contributed by atoms with van der Waals surface area (Å²) in [5.41, 5.74) is 10.5. The summed E-state index contributed by atoms with van der Waals surface area (Å²) in [4.78, 5) is 16.0. The molecule has 1 saturated heterocycles. The van der Waals surface area contributed by atoms with E-state index in [2.05, 4.69) is 4.98 Å². The van der Waals surface area contributed by atoms with Gasteiger partial charge in [-0.25, -0.2) is 4.98 Å². The number of hydrogen-bond donors (Lipinski definition) is 2. The Bertz CT molecular complexity index is 525. The minimum absolute atomic E-state index is 0.184. The number of pyridine rings is 1. The molecule has 4 N–H and O–H groups in total. The number of nitrogens with two attached hydrogens (primary N) is 2. The fourth-order valence-electron chi connectivity index (χ4n) is 2.55. The number of nitrogens with zero attached hydrogens (tertiary/aromatic N) is 2. The zero-order valence-corrected chi connectivity index (χ0v) is 11.4. The van der Waals surface area contributed by atoms with Gasteiger partial charge in [0.2, 0.25) is 5.91 Å². The molecule has 116 valence electrons. The van der Waals surface area contributed by atoms with E-state index in [0.717, 1.165) is 12.3 Å². The maximum absolute atomic E-state index is 12.7. The van der Waals surface area contributed by atoms with Gasteiger partial charge in [0.1, 0.15) is 5.69 Å². The summed E-state index contributed by atoms with van der Waals surface area (Å²) in [6.45, 7) is 1.09. The second kappa shape index (κ2) is 5.79. The van der Waals surface area contributed by atoms with Crippen LogP contribution in [0.2, 0.25) is 0 Å². The molecular formula is C13H17F3N4O. The Morgan fingerprint density at radius 2 is 2.00 bits per heavy atom. The lowest BCUT2D eigenvalue weighted by molar-refractivity contribution is -0.141. The average molecular weight is 302 g/mol. The first-order valence-corrected chi connectivity index (χ1v) is 6.63. The molecule has 0 spiro atoms. The number of amides is 1. The van der Waals surface area contributed by atoms with Crippen molar-refractivity contribution in [3.63, 3.8) is 0 Å². The van der Waals surface area contributed by atoms with Crippen molar-refractivity contribution >= 4 is 17.3 Å². The number of carbonyl (C=O) groups is 1. The van der Waals surface area contributed by atoms with Crippen molar-refractivity contribution in [1.82, 2.24) is 4.98 Å². The quantitative estimate of drug-likeness (QED) is 0.891. The van der Waals surface area contributed by atoms with Crippen LogP contribution in [-0.4, -0.2) is 24.0 Å². The highest BCUT2D eigenvalue weighted by molar-refractivity contribution is 5.74. The highest BCUT2D eigenvalue weighted by Crippen LogP contribution is 2.34. The fourth-order valence-corrected chi connectivity index (χ4v) is 2.55. The smallest absolute Gasteiger partial charge is 0.396 e. The monoisotopic (exact) mass is 302 g/mol. The van der Waals surface area contributed by atoms with Gasteiger partial charge in [0.25, 0.3) is 0 Å². The predicted octanol–water partition coefficient (Wildman–Crippen LogP) is 1.77. The third kappa shape index (κ3) is 3.77. The summed E-state index contributed by atoms with van der Waals surface area (Å²) in [7, 11) is 0. The van der Waals surface area contributed by atoms with Crippen LogP contribution in [0.15, 0.2) is 12.3 Å². The highest BCUT2D eigenvalue weighted by atomic mass is 19.4. The third-order valence-corrected chi connectivity index (χ3v) is 3.65. The Kier molecular flexibility index (Phi) is 4.24. The van der Waals surface area contributed by atoms with Gasteiger partial charge in [0.05, 0.1) is 17.6 Å². The molecule has 1 fully saturated rings. The number of aromatic nitrogens is 1. The number of anilines is 2. The average Bonchev–Trinajstić information content (AvgIpc) is 2.38. The molecule has 0 atom stereocenters. The molecule has 1 amide bonds. The van der Waals surface area contributed by atoms with Crippen molar-refractivity contribution in [3.8, 4) is 0 Å². The number of carbonyl (C=O) groups excluding carboxylic acids is 1. The molecule has 1 aromatic rings. The summed E-state index contributed by atoms with van der Waals surface area (Å²) < 4.78 is 38.1. The molecule has 0 radical (unpaired) electrons. The lowest BCUT2D eigenvalue weighted by atomic mass is 9.93. The maximum Gasteiger partial charge on any atom is 0.433 e. The standard InChI is InChI=1S/C13H17F3N4O/c14-13(15,16)11-6-10(9(17)7-19-11)20-3-1-8(2-4-20)5-12(18)21/h6-8H,1-5,17H2,(H2,18,21). The van der Waals surface area contributed by atoms with Crippen LogP contribution in [-0.2, 0) is 11.0 Å². The topological polar surface area (TPSA) is 85.2 Å². The Morgan fingerprint density at radius 3 is 2.52 bits per heavy atom. The lowest BCUT2D eigenvalue weighted by Gasteiger charge is -2.34. The third-order valence-electron chi connectivity index (χ3n) is 3.65. The van der Waals surface area contributed by atoms with Gasteiger partial charge in [-0.15, -0.1) is 0 Å². The van der Waals surface area contributed by atoms with Gasteiger partial charge in [-0.2, -0.15) is 13.2 Å². The molecule has 21 heavy (non-hydrogen) atoms. The Morgan fingerprint density at radius 1 is 1.38 bits per heavy atom. The van der Waals surface area contributed by atoms with E-state index in [1.807, 2.05) is 0 Å². The second-order valence-electron chi connectivity index (χ2n) is 5.23. The Labute approximate surface area is 120 Å². The van der Waals surface area contributed by atoms with E-state index in [1.165, 1.54) is 0 Å². The summed E-state index contributed by atoms with van der Waals surface area (Å²) in [6.07, 6.45) is -1.74. The molecule has 0 unspecified atom stereocenters. The molecule has 2 rings (SSSR count).